The Morgan fingerprint density at radius 3 is 3.00 bits per heavy atom. The van der Waals surface area contributed by atoms with E-state index in [0.717, 1.165) is 6.42 Å². The van der Waals surface area contributed by atoms with Gasteiger partial charge in [0.1, 0.15) is 0 Å². The molecule has 0 aromatic carbocycles. The maximum atomic E-state index is 9.66. The zero-order valence-corrected chi connectivity index (χ0v) is 4.78. The van der Waals surface area contributed by atoms with Crippen molar-refractivity contribution < 1.29 is 14.7 Å². The molecule has 0 radical (unpaired) electrons. The van der Waals surface area contributed by atoms with E-state index in [1.807, 2.05) is 0 Å². The lowest BCUT2D eigenvalue weighted by Crippen LogP contribution is -2.14. The number of nitrogens with zero attached hydrogens (tertiary/aromatic N) is 1. The summed E-state index contributed by atoms with van der Waals surface area (Å²) in [6.45, 7) is 0.568. The van der Waals surface area contributed by atoms with E-state index in [-0.39, 0.29) is 0 Å². The highest BCUT2D eigenvalue weighted by Gasteiger charge is 2.18. The second kappa shape index (κ2) is 2.63. The van der Waals surface area contributed by atoms with Crippen LogP contribution in [0.5, 0.6) is 0 Å². The Morgan fingerprint density at radius 1 is 1.78 bits per heavy atom. The molecule has 0 amide bonds. The van der Waals surface area contributed by atoms with E-state index in [9.17, 15) is 10.1 Å². The molecule has 1 heterocycles. The van der Waals surface area contributed by atoms with E-state index in [0.29, 0.717) is 13.0 Å². The lowest BCUT2D eigenvalue weighted by molar-refractivity contribution is -0.779. The first-order valence-corrected chi connectivity index (χ1v) is 2.72. The van der Waals surface area contributed by atoms with Gasteiger partial charge in [-0.25, -0.2) is 0 Å². The van der Waals surface area contributed by atoms with Gasteiger partial charge < -0.3 is 4.74 Å². The maximum absolute atomic E-state index is 9.66. The first-order chi connectivity index (χ1) is 4.29. The highest BCUT2D eigenvalue weighted by Crippen LogP contribution is 2.12. The van der Waals surface area contributed by atoms with Gasteiger partial charge in [-0.15, -0.1) is 10.1 Å². The van der Waals surface area contributed by atoms with Gasteiger partial charge in [-0.2, -0.15) is 0 Å². The summed E-state index contributed by atoms with van der Waals surface area (Å²) in [5, 5.41) is 8.84. The molecule has 1 fully saturated rings. The van der Waals surface area contributed by atoms with Gasteiger partial charge in [-0.1, -0.05) is 0 Å². The van der Waals surface area contributed by atoms with Crippen molar-refractivity contribution in [3.8, 4) is 0 Å². The van der Waals surface area contributed by atoms with Crippen molar-refractivity contribution in [1.29, 1.82) is 0 Å². The van der Waals surface area contributed by atoms with Crippen LogP contribution in [0.15, 0.2) is 0 Å². The summed E-state index contributed by atoms with van der Waals surface area (Å²) in [5.74, 6) is 0. The molecule has 1 unspecified atom stereocenters. The summed E-state index contributed by atoms with van der Waals surface area (Å²) < 4.78 is 4.80. The average Bonchev–Trinajstić information content (AvgIpc) is 2.15. The van der Waals surface area contributed by atoms with E-state index >= 15 is 0 Å². The molecular formula is C4H7NO4. The van der Waals surface area contributed by atoms with Gasteiger partial charge in [0, 0.05) is 13.0 Å². The summed E-state index contributed by atoms with van der Waals surface area (Å²) in [7, 11) is 0. The highest BCUT2D eigenvalue weighted by molar-refractivity contribution is 4.51. The van der Waals surface area contributed by atoms with Crippen molar-refractivity contribution in [3.63, 3.8) is 0 Å². The summed E-state index contributed by atoms with van der Waals surface area (Å²) in [6.07, 6.45) is 0.861. The predicted octanol–water partition coefficient (Wildman–Crippen LogP) is 0.331. The molecule has 1 saturated heterocycles. The molecule has 1 aliphatic rings. The lowest BCUT2D eigenvalue weighted by atomic mass is 10.4. The second-order valence-corrected chi connectivity index (χ2v) is 1.77. The van der Waals surface area contributed by atoms with E-state index in [1.54, 1.807) is 0 Å². The molecule has 1 rings (SSSR count). The molecule has 52 valence electrons. The standard InChI is InChI=1S/C4H7NO4/c6-5(7)9-4-2-1-3-8-4/h4H,1-3H2. The molecule has 5 heteroatoms. The van der Waals surface area contributed by atoms with Crippen LogP contribution in [-0.2, 0) is 9.57 Å². The van der Waals surface area contributed by atoms with Gasteiger partial charge in [0.05, 0.1) is 0 Å². The topological polar surface area (TPSA) is 61.6 Å². The normalized spacial score (nSPS) is 26.0. The third kappa shape index (κ3) is 1.85. The third-order valence-electron chi connectivity index (χ3n) is 1.09. The molecule has 5 nitrogen and oxygen atoms in total. The molecule has 1 aliphatic heterocycles. The molecule has 9 heavy (non-hydrogen) atoms. The molecule has 0 N–H and O–H groups in total. The van der Waals surface area contributed by atoms with Crippen LogP contribution >= 0.6 is 0 Å². The van der Waals surface area contributed by atoms with Crippen LogP contribution in [0.25, 0.3) is 0 Å². The fourth-order valence-corrected chi connectivity index (χ4v) is 0.727. The van der Waals surface area contributed by atoms with Crippen molar-refractivity contribution in [2.45, 2.75) is 19.1 Å². The minimum absolute atomic E-state index is 0.568. The third-order valence-corrected chi connectivity index (χ3v) is 1.09. The van der Waals surface area contributed by atoms with Gasteiger partial charge in [0.15, 0.2) is 0 Å². The lowest BCUT2D eigenvalue weighted by Gasteiger charge is -2.03. The largest absolute Gasteiger partial charge is 0.352 e. The average molecular weight is 133 g/mol. The summed E-state index contributed by atoms with van der Waals surface area (Å²) in [5.41, 5.74) is 0. The maximum Gasteiger partial charge on any atom is 0.297 e. The zero-order valence-electron chi connectivity index (χ0n) is 4.78. The van der Waals surface area contributed by atoms with Crippen molar-refractivity contribution in [2.24, 2.45) is 0 Å². The minimum atomic E-state index is -0.823. The fraction of sp³-hybridized carbons (Fsp3) is 1.00. The van der Waals surface area contributed by atoms with Crippen LogP contribution in [-0.4, -0.2) is 18.0 Å². The highest BCUT2D eigenvalue weighted by atomic mass is 17.0. The molecule has 0 spiro atoms. The van der Waals surface area contributed by atoms with E-state index in [4.69, 9.17) is 4.74 Å². The number of hydrogen-bond donors (Lipinski definition) is 0. The number of rotatable bonds is 2. The second-order valence-electron chi connectivity index (χ2n) is 1.77. The number of ether oxygens (including phenoxy) is 1. The van der Waals surface area contributed by atoms with Gasteiger partial charge in [-0.05, 0) is 6.42 Å². The Labute approximate surface area is 51.7 Å². The van der Waals surface area contributed by atoms with Crippen LogP contribution in [0, 0.1) is 10.1 Å². The van der Waals surface area contributed by atoms with Crippen molar-refractivity contribution in [3.05, 3.63) is 10.1 Å². The van der Waals surface area contributed by atoms with Crippen molar-refractivity contribution in [2.75, 3.05) is 6.61 Å². The van der Waals surface area contributed by atoms with Crippen LogP contribution < -0.4 is 0 Å². The van der Waals surface area contributed by atoms with Crippen molar-refractivity contribution >= 4 is 0 Å². The van der Waals surface area contributed by atoms with E-state index < -0.39 is 11.4 Å². The van der Waals surface area contributed by atoms with Crippen LogP contribution in [0.2, 0.25) is 0 Å². The van der Waals surface area contributed by atoms with Crippen LogP contribution in [0.1, 0.15) is 12.8 Å². The molecule has 0 saturated carbocycles. The molecular weight excluding hydrogens is 126 g/mol. The quantitative estimate of drug-likeness (QED) is 0.402. The van der Waals surface area contributed by atoms with E-state index in [2.05, 4.69) is 4.84 Å². The molecule has 0 aliphatic carbocycles. The fourth-order valence-electron chi connectivity index (χ4n) is 0.727. The molecule has 1 atom stereocenters. The smallest absolute Gasteiger partial charge is 0.297 e. The molecule has 0 aromatic heterocycles. The number of hydrogen-bond acceptors (Lipinski definition) is 4. The Bertz CT molecular complexity index is 109. The summed E-state index contributed by atoms with van der Waals surface area (Å²) in [4.78, 5) is 13.8. The van der Waals surface area contributed by atoms with Gasteiger partial charge in [0.25, 0.3) is 5.09 Å². The van der Waals surface area contributed by atoms with E-state index in [1.165, 1.54) is 0 Å². The Morgan fingerprint density at radius 2 is 2.56 bits per heavy atom. The first kappa shape index (κ1) is 6.28. The minimum Gasteiger partial charge on any atom is -0.352 e. The molecule has 0 aromatic rings. The Hall–Kier alpha value is -0.840. The SMILES string of the molecule is O=[N+]([O-])OC1CCCO1. The molecule has 0 bridgehead atoms. The summed E-state index contributed by atoms with van der Waals surface area (Å²) in [6, 6.07) is 0. The monoisotopic (exact) mass is 133 g/mol. The zero-order chi connectivity index (χ0) is 6.69. The van der Waals surface area contributed by atoms with Gasteiger partial charge in [0.2, 0.25) is 6.29 Å². The Kier molecular flexibility index (Phi) is 1.84. The first-order valence-electron chi connectivity index (χ1n) is 2.72. The predicted molar refractivity (Wildman–Crippen MR) is 27.1 cm³/mol. The van der Waals surface area contributed by atoms with Gasteiger partial charge >= 0.3 is 0 Å². The summed E-state index contributed by atoms with van der Waals surface area (Å²) >= 11 is 0. The van der Waals surface area contributed by atoms with Crippen LogP contribution in [0.4, 0.5) is 0 Å². The Balaban J connectivity index is 2.19. The van der Waals surface area contributed by atoms with Crippen molar-refractivity contribution in [1.82, 2.24) is 0 Å². The van der Waals surface area contributed by atoms with Gasteiger partial charge in [-0.3, -0.25) is 4.84 Å². The van der Waals surface area contributed by atoms with Crippen LogP contribution in [0.3, 0.4) is 0 Å².